The maximum atomic E-state index is 15.9. The van der Waals surface area contributed by atoms with Crippen molar-refractivity contribution in [2.75, 3.05) is 18.5 Å². The molecule has 10 unspecified atom stereocenters. The van der Waals surface area contributed by atoms with Crippen molar-refractivity contribution >= 4 is 43.6 Å². The third-order valence-corrected chi connectivity index (χ3v) is 10.0. The van der Waals surface area contributed by atoms with Gasteiger partial charge in [0.25, 0.3) is 5.56 Å². The number of hydrogen-bond donors (Lipinski definition) is 4. The lowest BCUT2D eigenvalue weighted by Gasteiger charge is -2.25. The zero-order valence-corrected chi connectivity index (χ0v) is 24.8. The molecule has 10 atom stereocenters. The number of aromatic nitrogens is 8. The van der Waals surface area contributed by atoms with Crippen LogP contribution in [0.1, 0.15) is 24.7 Å². The number of H-pyrrole nitrogens is 1. The number of aromatic amines is 1. The van der Waals surface area contributed by atoms with Gasteiger partial charge in [-0.15, -0.1) is 0 Å². The standard InChI is InChI=1S/C22H25F2N9O10P2/c1-8-30-19-14(20(34)31-8)29-7-33(19)22-16-11(23)10(41-22)4-39-45(37,38)43-15-9(2-3-44(35,36)42-16)40-21(12(15)24)32-6-28-13-17(25)26-5-27-18(13)32/h5-7,9-12,15-16,21-22H,2-4H2,1H3,(H,35,36)(H,37,38)(H2,25,26,27)(H,30,31,34). The number of nitrogens with two attached hydrogens (primary N) is 1. The monoisotopic (exact) mass is 675 g/mol. The number of aryl methyl sites for hydroxylation is 1. The highest BCUT2D eigenvalue weighted by Crippen LogP contribution is 2.54. The van der Waals surface area contributed by atoms with E-state index < -0.39 is 89.4 Å². The number of alkyl halides is 2. The minimum absolute atomic E-state index is 0.0142. The highest BCUT2D eigenvalue weighted by molar-refractivity contribution is 7.52. The van der Waals surface area contributed by atoms with Crippen molar-refractivity contribution in [3.8, 4) is 0 Å². The van der Waals surface area contributed by atoms with Gasteiger partial charge < -0.3 is 30.0 Å². The molecule has 0 aliphatic carbocycles. The van der Waals surface area contributed by atoms with E-state index >= 15 is 8.78 Å². The van der Waals surface area contributed by atoms with E-state index in [1.807, 2.05) is 0 Å². The molecule has 242 valence electrons. The van der Waals surface area contributed by atoms with Gasteiger partial charge >= 0.3 is 15.4 Å². The zero-order valence-electron chi connectivity index (χ0n) is 23.0. The Morgan fingerprint density at radius 2 is 1.67 bits per heavy atom. The molecule has 3 fully saturated rings. The molecular formula is C22H25F2N9O10P2. The first-order valence-electron chi connectivity index (χ1n) is 13.4. The topological polar surface area (TPSA) is 254 Å². The van der Waals surface area contributed by atoms with Gasteiger partial charge in [0.1, 0.15) is 36.0 Å². The van der Waals surface area contributed by atoms with Crippen LogP contribution in [0.2, 0.25) is 0 Å². The highest BCUT2D eigenvalue weighted by Gasteiger charge is 2.54. The first kappa shape index (κ1) is 30.4. The lowest BCUT2D eigenvalue weighted by Crippen LogP contribution is -2.32. The van der Waals surface area contributed by atoms with E-state index in [2.05, 4.69) is 29.9 Å². The number of ether oxygens (including phenoxy) is 2. The Kier molecular flexibility index (Phi) is 7.38. The van der Waals surface area contributed by atoms with E-state index in [0.29, 0.717) is 0 Å². The Morgan fingerprint density at radius 3 is 2.44 bits per heavy atom. The molecule has 0 spiro atoms. The van der Waals surface area contributed by atoms with Crippen molar-refractivity contribution in [2.24, 2.45) is 0 Å². The quantitative estimate of drug-likeness (QED) is 0.214. The Balaban J connectivity index is 1.21. The number of anilines is 1. The van der Waals surface area contributed by atoms with Crippen molar-refractivity contribution in [1.29, 1.82) is 0 Å². The van der Waals surface area contributed by atoms with Gasteiger partial charge in [-0.05, 0) is 13.3 Å². The van der Waals surface area contributed by atoms with Crippen LogP contribution in [0, 0.1) is 6.92 Å². The Bertz CT molecular complexity index is 1940. The fourth-order valence-electron chi connectivity index (χ4n) is 5.61. The number of nitrogen functional groups attached to an aromatic ring is 1. The number of hydrogen-bond acceptors (Lipinski definition) is 14. The molecule has 23 heteroatoms. The van der Waals surface area contributed by atoms with Gasteiger partial charge in [0.05, 0.1) is 31.5 Å². The SMILES string of the molecule is Cc1nc2c(ncn2C2OC3COP(=O)(O)OC4C(CCP(=O)(O)OC2C3F)OC(n2cnc3c(N)ncnc32)C4F)c(=O)[nH]1. The smallest absolute Gasteiger partial charge is 0.382 e. The van der Waals surface area contributed by atoms with Crippen molar-refractivity contribution in [2.45, 2.75) is 62.6 Å². The van der Waals surface area contributed by atoms with E-state index in [1.54, 1.807) is 0 Å². The second kappa shape index (κ2) is 10.9. The van der Waals surface area contributed by atoms with Gasteiger partial charge in [0, 0.05) is 0 Å². The van der Waals surface area contributed by atoms with Crippen LogP contribution in [0.25, 0.3) is 22.3 Å². The third kappa shape index (κ3) is 5.37. The number of rotatable bonds is 2. The Morgan fingerprint density at radius 1 is 0.956 bits per heavy atom. The van der Waals surface area contributed by atoms with Crippen molar-refractivity contribution < 1.29 is 50.7 Å². The van der Waals surface area contributed by atoms with Crippen LogP contribution in [0.15, 0.2) is 23.8 Å². The van der Waals surface area contributed by atoms with Gasteiger partial charge in [-0.25, -0.2) is 38.3 Å². The van der Waals surface area contributed by atoms with E-state index in [9.17, 15) is 23.7 Å². The maximum absolute atomic E-state index is 15.9. The minimum Gasteiger partial charge on any atom is -0.382 e. The van der Waals surface area contributed by atoms with Gasteiger partial charge in [0.2, 0.25) is 0 Å². The predicted molar refractivity (Wildman–Crippen MR) is 145 cm³/mol. The summed E-state index contributed by atoms with van der Waals surface area (Å²) in [4.78, 5) is 56.3. The largest absolute Gasteiger partial charge is 0.472 e. The van der Waals surface area contributed by atoms with Gasteiger partial charge in [0.15, 0.2) is 47.4 Å². The number of nitrogens with one attached hydrogen (secondary N) is 1. The summed E-state index contributed by atoms with van der Waals surface area (Å²) in [6.07, 6.45) is -11.7. The molecule has 2 bridgehead atoms. The summed E-state index contributed by atoms with van der Waals surface area (Å²) >= 11 is 0. The van der Waals surface area contributed by atoms with Crippen LogP contribution >= 0.6 is 15.4 Å². The van der Waals surface area contributed by atoms with Crippen LogP contribution < -0.4 is 11.3 Å². The summed E-state index contributed by atoms with van der Waals surface area (Å²) in [5, 5.41) is 0. The summed E-state index contributed by atoms with van der Waals surface area (Å²) in [6.45, 7) is 0.584. The van der Waals surface area contributed by atoms with E-state index in [0.717, 1.165) is 17.2 Å². The van der Waals surface area contributed by atoms with Crippen LogP contribution in [0.4, 0.5) is 14.6 Å². The van der Waals surface area contributed by atoms with E-state index in [4.69, 9.17) is 28.8 Å². The number of phosphoric ester groups is 1. The number of nitrogens with zero attached hydrogens (tertiary/aromatic N) is 7. The lowest BCUT2D eigenvalue weighted by atomic mass is 10.1. The fourth-order valence-corrected chi connectivity index (χ4v) is 7.85. The highest BCUT2D eigenvalue weighted by atomic mass is 31.2. The summed E-state index contributed by atoms with van der Waals surface area (Å²) in [5.74, 6) is 0.213. The lowest BCUT2D eigenvalue weighted by molar-refractivity contribution is -0.0526. The number of phosphoric acid groups is 1. The number of imidazole rings is 2. The second-order valence-corrected chi connectivity index (χ2v) is 14.0. The molecule has 0 radical (unpaired) electrons. The van der Waals surface area contributed by atoms with Crippen molar-refractivity contribution in [3.63, 3.8) is 0 Å². The molecule has 3 aliphatic rings. The molecule has 0 amide bonds. The van der Waals surface area contributed by atoms with Crippen LogP contribution in [0.3, 0.4) is 0 Å². The molecule has 5 N–H and O–H groups in total. The maximum Gasteiger partial charge on any atom is 0.472 e. The third-order valence-electron chi connectivity index (χ3n) is 7.66. The molecule has 3 aliphatic heterocycles. The molecule has 7 rings (SSSR count). The van der Waals surface area contributed by atoms with Crippen molar-refractivity contribution in [1.82, 2.24) is 39.0 Å². The molecule has 7 heterocycles. The van der Waals surface area contributed by atoms with Gasteiger partial charge in [-0.1, -0.05) is 0 Å². The molecule has 0 aromatic carbocycles. The molecular weight excluding hydrogens is 650 g/mol. The summed E-state index contributed by atoms with van der Waals surface area (Å²) < 4.78 is 87.5. The normalized spacial score (nSPS) is 37.7. The van der Waals surface area contributed by atoms with E-state index in [-0.39, 0.29) is 34.0 Å². The average Bonchev–Trinajstić information content (AvgIpc) is 3.72. The minimum atomic E-state index is -5.13. The second-order valence-electron chi connectivity index (χ2n) is 10.6. The molecule has 4 aromatic heterocycles. The van der Waals surface area contributed by atoms with Crippen LogP contribution in [-0.2, 0) is 32.2 Å². The van der Waals surface area contributed by atoms with Crippen molar-refractivity contribution in [3.05, 3.63) is 35.2 Å². The van der Waals surface area contributed by atoms with Gasteiger partial charge in [-0.2, -0.15) is 0 Å². The summed E-state index contributed by atoms with van der Waals surface area (Å²) in [7, 11) is -9.84. The average molecular weight is 675 g/mol. The molecule has 3 saturated heterocycles. The van der Waals surface area contributed by atoms with Gasteiger partial charge in [-0.3, -0.25) is 32.1 Å². The number of halogens is 2. The zero-order chi connectivity index (χ0) is 31.8. The first-order valence-corrected chi connectivity index (χ1v) is 16.7. The molecule has 4 aromatic rings. The summed E-state index contributed by atoms with van der Waals surface area (Å²) in [6, 6.07) is 0. The molecule has 0 saturated carbocycles. The fraction of sp³-hybridized carbons (Fsp3) is 0.545. The molecule has 19 nitrogen and oxygen atoms in total. The van der Waals surface area contributed by atoms with E-state index in [1.165, 1.54) is 17.8 Å². The van der Waals surface area contributed by atoms with Crippen LogP contribution in [-0.4, -0.2) is 98.4 Å². The Labute approximate surface area is 249 Å². The summed E-state index contributed by atoms with van der Waals surface area (Å²) in [5.41, 5.74) is 5.31. The van der Waals surface area contributed by atoms with Crippen LogP contribution in [0.5, 0.6) is 0 Å². The Hall–Kier alpha value is -3.26. The first-order chi connectivity index (χ1) is 21.3. The number of fused-ring (bicyclic) bond motifs is 5. The molecule has 45 heavy (non-hydrogen) atoms. The predicted octanol–water partition coefficient (Wildman–Crippen LogP) is 0.798.